The fourth-order valence-corrected chi connectivity index (χ4v) is 4.62. The monoisotopic (exact) mass is 553 g/mol. The summed E-state index contributed by atoms with van der Waals surface area (Å²) in [5, 5.41) is 5.17. The van der Waals surface area contributed by atoms with Gasteiger partial charge in [-0.25, -0.2) is 0 Å². The molecule has 2 N–H and O–H groups in total. The first-order valence-electron chi connectivity index (χ1n) is 11.6. The number of halogens is 5. The molecular formula is C29H20Cl2F3N3O. The molecule has 0 radical (unpaired) electrons. The summed E-state index contributed by atoms with van der Waals surface area (Å²) in [5.41, 5.74) is 3.44. The highest BCUT2D eigenvalue weighted by atomic mass is 35.5. The molecule has 0 aliphatic rings. The molecule has 0 fully saturated rings. The smallest absolute Gasteiger partial charge is 0.379 e. The van der Waals surface area contributed by atoms with Crippen LogP contribution in [0.2, 0.25) is 10.0 Å². The minimum atomic E-state index is -4.46. The summed E-state index contributed by atoms with van der Waals surface area (Å²) in [4.78, 5) is 19.1. The Balaban J connectivity index is 1.54. The number of nitrogens with one attached hydrogen (secondary N) is 2. The van der Waals surface area contributed by atoms with Gasteiger partial charge in [0.25, 0.3) is 0 Å². The lowest BCUT2D eigenvalue weighted by Crippen LogP contribution is -2.11. The number of alkyl halides is 3. The van der Waals surface area contributed by atoms with Crippen LogP contribution in [0.5, 0.6) is 0 Å². The van der Waals surface area contributed by atoms with Crippen LogP contribution >= 0.6 is 23.2 Å². The molecule has 0 atom stereocenters. The lowest BCUT2D eigenvalue weighted by Gasteiger charge is -2.20. The van der Waals surface area contributed by atoms with E-state index in [1.54, 1.807) is 0 Å². The summed E-state index contributed by atoms with van der Waals surface area (Å²) in [6.07, 6.45) is -3.66. The highest BCUT2D eigenvalue weighted by molar-refractivity contribution is 6.30. The Labute approximate surface area is 226 Å². The van der Waals surface area contributed by atoms with Crippen LogP contribution in [0.4, 0.5) is 18.9 Å². The number of aromatic nitrogens is 2. The number of fused-ring (bicyclic) bond motifs is 1. The van der Waals surface area contributed by atoms with Crippen molar-refractivity contribution in [2.45, 2.75) is 18.6 Å². The molecule has 4 nitrogen and oxygen atoms in total. The van der Waals surface area contributed by atoms with Gasteiger partial charge in [-0.3, -0.25) is 9.78 Å². The molecule has 192 valence electrons. The van der Waals surface area contributed by atoms with E-state index < -0.39 is 11.7 Å². The zero-order valence-corrected chi connectivity index (χ0v) is 21.2. The Hall–Kier alpha value is -3.81. The van der Waals surface area contributed by atoms with E-state index in [0.717, 1.165) is 34.3 Å². The van der Waals surface area contributed by atoms with E-state index in [1.165, 1.54) is 12.1 Å². The van der Waals surface area contributed by atoms with Crippen LogP contribution in [-0.4, -0.2) is 9.97 Å². The summed E-state index contributed by atoms with van der Waals surface area (Å²) in [6.45, 7) is 0.138. The highest BCUT2D eigenvalue weighted by Gasteiger charge is 2.30. The third kappa shape index (κ3) is 5.69. The van der Waals surface area contributed by atoms with E-state index in [4.69, 9.17) is 23.2 Å². The van der Waals surface area contributed by atoms with Gasteiger partial charge in [0.2, 0.25) is 5.56 Å². The molecule has 0 spiro atoms. The minimum absolute atomic E-state index is 0.138. The van der Waals surface area contributed by atoms with Gasteiger partial charge in [-0.05, 0) is 65.2 Å². The number of H-pyrrole nitrogens is 1. The van der Waals surface area contributed by atoms with Crippen molar-refractivity contribution in [2.75, 3.05) is 5.32 Å². The maximum absolute atomic E-state index is 12.9. The number of hydrogen-bond acceptors (Lipinski definition) is 3. The molecule has 5 aromatic rings. The lowest BCUT2D eigenvalue weighted by atomic mass is 9.84. The Morgan fingerprint density at radius 1 is 0.816 bits per heavy atom. The van der Waals surface area contributed by atoms with Gasteiger partial charge < -0.3 is 10.3 Å². The molecule has 2 heterocycles. The van der Waals surface area contributed by atoms with Crippen molar-refractivity contribution >= 4 is 39.8 Å². The summed E-state index contributed by atoms with van der Waals surface area (Å²) in [5.74, 6) is -0.148. The van der Waals surface area contributed by atoms with E-state index in [0.29, 0.717) is 26.9 Å². The molecule has 0 bridgehead atoms. The van der Waals surface area contributed by atoms with Gasteiger partial charge in [-0.15, -0.1) is 0 Å². The van der Waals surface area contributed by atoms with E-state index in [2.05, 4.69) is 15.3 Å². The van der Waals surface area contributed by atoms with Gasteiger partial charge in [0.05, 0.1) is 23.3 Å². The van der Waals surface area contributed by atoms with Crippen LogP contribution in [0.1, 0.15) is 33.9 Å². The zero-order valence-electron chi connectivity index (χ0n) is 19.7. The van der Waals surface area contributed by atoms with Crippen LogP contribution in [0.3, 0.4) is 0 Å². The van der Waals surface area contributed by atoms with Gasteiger partial charge in [0.15, 0.2) is 0 Å². The maximum atomic E-state index is 12.9. The van der Waals surface area contributed by atoms with Crippen LogP contribution in [0.25, 0.3) is 10.9 Å². The van der Waals surface area contributed by atoms with Crippen LogP contribution < -0.4 is 10.9 Å². The second-order valence-corrected chi connectivity index (χ2v) is 9.65. The van der Waals surface area contributed by atoms with E-state index >= 15 is 0 Å². The molecule has 0 aliphatic heterocycles. The molecule has 5 rings (SSSR count). The predicted octanol–water partition coefficient (Wildman–Crippen LogP) is 8.04. The Bertz CT molecular complexity index is 1590. The number of nitrogens with zero attached hydrogens (tertiary/aromatic N) is 1. The first-order valence-corrected chi connectivity index (χ1v) is 12.4. The Morgan fingerprint density at radius 3 is 1.97 bits per heavy atom. The number of anilines is 1. The second kappa shape index (κ2) is 10.5. The first-order chi connectivity index (χ1) is 18.2. The summed E-state index contributed by atoms with van der Waals surface area (Å²) >= 11 is 12.3. The summed E-state index contributed by atoms with van der Waals surface area (Å²) in [6, 6.07) is 24.7. The molecule has 0 aliphatic carbocycles. The third-order valence-electron chi connectivity index (χ3n) is 6.22. The largest absolute Gasteiger partial charge is 0.417 e. The number of rotatable bonds is 6. The van der Waals surface area contributed by atoms with E-state index in [9.17, 15) is 18.0 Å². The van der Waals surface area contributed by atoms with Crippen LogP contribution in [0, 0.1) is 0 Å². The Kier molecular flexibility index (Phi) is 7.15. The van der Waals surface area contributed by atoms with Gasteiger partial charge >= 0.3 is 6.18 Å². The topological polar surface area (TPSA) is 57.8 Å². The van der Waals surface area contributed by atoms with Crippen LogP contribution in [-0.2, 0) is 12.7 Å². The second-order valence-electron chi connectivity index (χ2n) is 8.78. The van der Waals surface area contributed by atoms with E-state index in [-0.39, 0.29) is 18.0 Å². The summed E-state index contributed by atoms with van der Waals surface area (Å²) < 4.78 is 38.6. The van der Waals surface area contributed by atoms with Crippen molar-refractivity contribution < 1.29 is 13.2 Å². The van der Waals surface area contributed by atoms with Gasteiger partial charge in [-0.1, -0.05) is 53.5 Å². The number of hydrogen-bond donors (Lipinski definition) is 2. The number of pyridine rings is 2. The van der Waals surface area contributed by atoms with Crippen molar-refractivity contribution in [1.82, 2.24) is 9.97 Å². The maximum Gasteiger partial charge on any atom is 0.417 e. The van der Waals surface area contributed by atoms with Crippen molar-refractivity contribution in [1.29, 1.82) is 0 Å². The molecule has 9 heteroatoms. The first kappa shape index (κ1) is 25.8. The third-order valence-corrected chi connectivity index (χ3v) is 6.72. The number of benzene rings is 3. The predicted molar refractivity (Wildman–Crippen MR) is 145 cm³/mol. The standard InChI is InChI=1S/C29H20Cl2F3N3O/c30-21-7-1-17(2-8-21)28(18-3-9-22(31)10-4-18)19-5-12-25-24(13-19)26(14-27(38)37-25)36-16-23-11-6-20(15-35-23)29(32,33)34/h1-15,28H,16H2,(H2,36,37,38). The zero-order chi connectivity index (χ0) is 26.9. The Morgan fingerprint density at radius 2 is 1.42 bits per heavy atom. The van der Waals surface area contributed by atoms with Crippen molar-refractivity contribution in [3.05, 3.63) is 139 Å². The molecule has 0 amide bonds. The molecule has 3 aromatic carbocycles. The number of aromatic amines is 1. The van der Waals surface area contributed by atoms with Gasteiger partial charge in [0.1, 0.15) is 0 Å². The van der Waals surface area contributed by atoms with Crippen LogP contribution in [0.15, 0.2) is 95.9 Å². The van der Waals surface area contributed by atoms with E-state index in [1.807, 2.05) is 66.7 Å². The quantitative estimate of drug-likeness (QED) is 0.209. The lowest BCUT2D eigenvalue weighted by molar-refractivity contribution is -0.137. The SMILES string of the molecule is O=c1cc(NCc2ccc(C(F)(F)F)cn2)c2cc(C(c3ccc(Cl)cc3)c3ccc(Cl)cc3)ccc2[nH]1. The van der Waals surface area contributed by atoms with Gasteiger partial charge in [-0.2, -0.15) is 13.2 Å². The molecule has 0 saturated carbocycles. The molecule has 0 saturated heterocycles. The molecule has 38 heavy (non-hydrogen) atoms. The van der Waals surface area contributed by atoms with Crippen molar-refractivity contribution in [3.8, 4) is 0 Å². The normalized spacial score (nSPS) is 11.7. The molecule has 2 aromatic heterocycles. The van der Waals surface area contributed by atoms with Crippen molar-refractivity contribution in [3.63, 3.8) is 0 Å². The summed E-state index contributed by atoms with van der Waals surface area (Å²) in [7, 11) is 0. The molecular weight excluding hydrogens is 534 g/mol. The fourth-order valence-electron chi connectivity index (χ4n) is 4.37. The average Bonchev–Trinajstić information content (AvgIpc) is 2.89. The highest BCUT2D eigenvalue weighted by Crippen LogP contribution is 2.35. The van der Waals surface area contributed by atoms with Crippen molar-refractivity contribution in [2.24, 2.45) is 0 Å². The fraction of sp³-hybridized carbons (Fsp3) is 0.103. The molecule has 0 unspecified atom stereocenters. The average molecular weight is 554 g/mol. The van der Waals surface area contributed by atoms with Gasteiger partial charge in [0, 0.05) is 39.3 Å². The minimum Gasteiger partial charge on any atom is -0.379 e.